The van der Waals surface area contributed by atoms with Crippen LogP contribution < -0.4 is 4.90 Å². The largest absolute Gasteiger partial charge is 0.275 e. The number of pyridine rings is 1. The number of benzene rings is 3. The second-order valence-corrected chi connectivity index (χ2v) is 9.95. The third-order valence-corrected chi connectivity index (χ3v) is 7.48. The minimum absolute atomic E-state index is 0.0688. The normalized spacial score (nSPS) is 16.5. The lowest BCUT2D eigenvalue weighted by Gasteiger charge is -2.22. The van der Waals surface area contributed by atoms with Crippen LogP contribution in [0.5, 0.6) is 0 Å². The average molecular weight is 501 g/mol. The third kappa shape index (κ3) is 4.59. The molecule has 0 N–H and O–H groups in total. The SMILES string of the molecule is Cc1ccc(C=C2SC(c3cn(-c4ccccc4)nc3-c3ccccc3)N(c3ccccn3)C2=O)cc1. The van der Waals surface area contributed by atoms with Crippen molar-refractivity contribution in [2.45, 2.75) is 12.3 Å². The Morgan fingerprint density at radius 3 is 2.24 bits per heavy atom. The molecule has 180 valence electrons. The maximum absolute atomic E-state index is 13.9. The maximum Gasteiger partial charge on any atom is 0.267 e. The van der Waals surface area contributed by atoms with Crippen molar-refractivity contribution in [3.8, 4) is 16.9 Å². The summed E-state index contributed by atoms with van der Waals surface area (Å²) in [6, 6.07) is 34.0. The molecular formula is C31H24N4OS. The van der Waals surface area contributed by atoms with Gasteiger partial charge >= 0.3 is 0 Å². The lowest BCUT2D eigenvalue weighted by molar-refractivity contribution is -0.114. The van der Waals surface area contributed by atoms with Gasteiger partial charge in [-0.15, -0.1) is 0 Å². The summed E-state index contributed by atoms with van der Waals surface area (Å²) < 4.78 is 1.89. The van der Waals surface area contributed by atoms with Gasteiger partial charge in [0.25, 0.3) is 5.91 Å². The van der Waals surface area contributed by atoms with Gasteiger partial charge in [-0.25, -0.2) is 9.67 Å². The topological polar surface area (TPSA) is 51.0 Å². The monoisotopic (exact) mass is 500 g/mol. The molecule has 5 nitrogen and oxygen atoms in total. The van der Waals surface area contributed by atoms with Crippen molar-refractivity contribution in [2.75, 3.05) is 4.90 Å². The number of aromatic nitrogens is 3. The van der Waals surface area contributed by atoms with Crippen molar-refractivity contribution in [3.63, 3.8) is 0 Å². The highest BCUT2D eigenvalue weighted by atomic mass is 32.2. The molecule has 0 spiro atoms. The Hall–Kier alpha value is -4.42. The number of hydrogen-bond acceptors (Lipinski definition) is 4. The highest BCUT2D eigenvalue weighted by molar-refractivity contribution is 8.05. The van der Waals surface area contributed by atoms with Crippen LogP contribution in [-0.4, -0.2) is 20.7 Å². The Morgan fingerprint density at radius 1 is 0.838 bits per heavy atom. The van der Waals surface area contributed by atoms with E-state index >= 15 is 0 Å². The van der Waals surface area contributed by atoms with Crippen LogP contribution >= 0.6 is 11.8 Å². The third-order valence-electron chi connectivity index (χ3n) is 6.25. The molecule has 2 aromatic heterocycles. The average Bonchev–Trinajstić information content (AvgIpc) is 3.53. The summed E-state index contributed by atoms with van der Waals surface area (Å²) in [5, 5.41) is 4.67. The van der Waals surface area contributed by atoms with Gasteiger partial charge < -0.3 is 0 Å². The number of thioether (sulfide) groups is 1. The molecule has 1 fully saturated rings. The number of amides is 1. The van der Waals surface area contributed by atoms with Crippen molar-refractivity contribution >= 4 is 29.6 Å². The molecule has 6 heteroatoms. The van der Waals surface area contributed by atoms with Crippen molar-refractivity contribution < 1.29 is 4.79 Å². The number of anilines is 1. The number of para-hydroxylation sites is 1. The number of hydrogen-bond donors (Lipinski definition) is 0. The highest BCUT2D eigenvalue weighted by Crippen LogP contribution is 2.50. The molecule has 37 heavy (non-hydrogen) atoms. The lowest BCUT2D eigenvalue weighted by Crippen LogP contribution is -2.28. The summed E-state index contributed by atoms with van der Waals surface area (Å²) in [6.07, 6.45) is 5.72. The number of aryl methyl sites for hydroxylation is 1. The Balaban J connectivity index is 1.51. The summed E-state index contributed by atoms with van der Waals surface area (Å²) in [6.45, 7) is 2.06. The zero-order valence-corrected chi connectivity index (χ0v) is 21.0. The van der Waals surface area contributed by atoms with E-state index in [9.17, 15) is 4.79 Å². The smallest absolute Gasteiger partial charge is 0.267 e. The number of rotatable bonds is 5. The van der Waals surface area contributed by atoms with E-state index in [4.69, 9.17) is 5.10 Å². The minimum Gasteiger partial charge on any atom is -0.275 e. The molecule has 3 aromatic carbocycles. The van der Waals surface area contributed by atoms with E-state index in [1.807, 2.05) is 95.8 Å². The molecule has 1 aliphatic heterocycles. The van der Waals surface area contributed by atoms with Crippen molar-refractivity contribution in [3.05, 3.63) is 137 Å². The van der Waals surface area contributed by atoms with Crippen molar-refractivity contribution in [1.29, 1.82) is 0 Å². The first-order valence-electron chi connectivity index (χ1n) is 12.1. The molecule has 0 saturated carbocycles. The quantitative estimate of drug-likeness (QED) is 0.242. The van der Waals surface area contributed by atoms with Crippen LogP contribution in [0.4, 0.5) is 5.82 Å². The summed E-state index contributed by atoms with van der Waals surface area (Å²) in [5.41, 5.74) is 5.92. The second-order valence-electron chi connectivity index (χ2n) is 8.83. The Kier molecular flexibility index (Phi) is 6.16. The number of carbonyl (C=O) groups is 1. The molecule has 1 saturated heterocycles. The molecule has 0 radical (unpaired) electrons. The molecule has 0 bridgehead atoms. The molecule has 1 aliphatic rings. The van der Waals surface area contributed by atoms with Crippen LogP contribution in [0.2, 0.25) is 0 Å². The van der Waals surface area contributed by atoms with E-state index in [0.29, 0.717) is 10.7 Å². The first-order valence-corrected chi connectivity index (χ1v) is 13.0. The summed E-state index contributed by atoms with van der Waals surface area (Å²) in [4.78, 5) is 20.9. The Bertz CT molecular complexity index is 1560. The van der Waals surface area contributed by atoms with Gasteiger partial charge in [-0.05, 0) is 42.8 Å². The van der Waals surface area contributed by atoms with Crippen molar-refractivity contribution in [2.24, 2.45) is 0 Å². The van der Waals surface area contributed by atoms with Gasteiger partial charge in [0.1, 0.15) is 11.2 Å². The van der Waals surface area contributed by atoms with Crippen molar-refractivity contribution in [1.82, 2.24) is 14.8 Å². The van der Waals surface area contributed by atoms with E-state index in [2.05, 4.69) is 36.2 Å². The van der Waals surface area contributed by atoms with Crippen LogP contribution in [-0.2, 0) is 4.79 Å². The standard InChI is InChI=1S/C31H24N4OS/c1-22-15-17-23(18-16-22)20-27-30(36)35(28-14-8-9-19-32-28)31(37-27)26-21-34(25-12-6-3-7-13-25)33-29(26)24-10-4-2-5-11-24/h2-21,31H,1H3. The summed E-state index contributed by atoms with van der Waals surface area (Å²) >= 11 is 1.54. The zero-order valence-electron chi connectivity index (χ0n) is 20.2. The van der Waals surface area contributed by atoms with E-state index in [0.717, 1.165) is 28.1 Å². The molecule has 1 atom stereocenters. The molecule has 6 rings (SSSR count). The number of carbonyl (C=O) groups excluding carboxylic acids is 1. The maximum atomic E-state index is 13.9. The van der Waals surface area contributed by atoms with Gasteiger partial charge in [0.2, 0.25) is 0 Å². The fourth-order valence-corrected chi connectivity index (χ4v) is 5.64. The van der Waals surface area contributed by atoms with Gasteiger partial charge in [0.05, 0.1) is 16.3 Å². The van der Waals surface area contributed by atoms with Gasteiger partial charge in [0, 0.05) is 23.5 Å². The Labute approximate surface area is 220 Å². The van der Waals surface area contributed by atoms with Gasteiger partial charge in [0.15, 0.2) is 0 Å². The van der Waals surface area contributed by atoms with Gasteiger partial charge in [-0.3, -0.25) is 9.69 Å². The summed E-state index contributed by atoms with van der Waals surface area (Å²) in [5.74, 6) is 0.546. The van der Waals surface area contributed by atoms with Gasteiger partial charge in [-0.2, -0.15) is 5.10 Å². The summed E-state index contributed by atoms with van der Waals surface area (Å²) in [7, 11) is 0. The first-order chi connectivity index (χ1) is 18.2. The van der Waals surface area contributed by atoms with Crippen LogP contribution in [0.15, 0.2) is 120 Å². The second kappa shape index (κ2) is 9.91. The molecule has 3 heterocycles. The van der Waals surface area contributed by atoms with Crippen LogP contribution in [0.3, 0.4) is 0 Å². The van der Waals surface area contributed by atoms with Crippen LogP contribution in [0.1, 0.15) is 22.1 Å². The number of nitrogens with zero attached hydrogens (tertiary/aromatic N) is 4. The van der Waals surface area contributed by atoms with E-state index in [1.54, 1.807) is 11.1 Å². The Morgan fingerprint density at radius 2 is 1.54 bits per heavy atom. The van der Waals surface area contributed by atoms with Gasteiger partial charge in [-0.1, -0.05) is 96.2 Å². The molecule has 1 unspecified atom stereocenters. The minimum atomic E-state index is -0.327. The van der Waals surface area contributed by atoms with E-state index in [-0.39, 0.29) is 11.3 Å². The van der Waals surface area contributed by atoms with Crippen LogP contribution in [0.25, 0.3) is 23.0 Å². The predicted molar refractivity (Wildman–Crippen MR) is 150 cm³/mol. The highest BCUT2D eigenvalue weighted by Gasteiger charge is 2.41. The zero-order chi connectivity index (χ0) is 25.2. The predicted octanol–water partition coefficient (Wildman–Crippen LogP) is 7.06. The molecular weight excluding hydrogens is 476 g/mol. The first kappa shape index (κ1) is 23.0. The van der Waals surface area contributed by atoms with Crippen LogP contribution in [0, 0.1) is 6.92 Å². The molecule has 0 aliphatic carbocycles. The fourth-order valence-electron chi connectivity index (χ4n) is 4.38. The van der Waals surface area contributed by atoms with E-state index < -0.39 is 0 Å². The molecule has 1 amide bonds. The van der Waals surface area contributed by atoms with E-state index in [1.165, 1.54) is 17.3 Å². The fraction of sp³-hybridized carbons (Fsp3) is 0.0645. The molecule has 5 aromatic rings. The lowest BCUT2D eigenvalue weighted by atomic mass is 10.1.